The van der Waals surface area contributed by atoms with Crippen molar-refractivity contribution in [3.05, 3.63) is 41.5 Å². The maximum absolute atomic E-state index is 13.2. The number of ether oxygens (including phenoxy) is 1. The molecule has 0 atom stereocenters. The van der Waals surface area contributed by atoms with Crippen LogP contribution in [-0.2, 0) is 14.3 Å². The van der Waals surface area contributed by atoms with Crippen LogP contribution in [0.5, 0.6) is 0 Å². The van der Waals surface area contributed by atoms with Gasteiger partial charge in [-0.15, -0.1) is 0 Å². The summed E-state index contributed by atoms with van der Waals surface area (Å²) in [7, 11) is 0. The van der Waals surface area contributed by atoms with E-state index in [1.54, 1.807) is 18.3 Å². The number of amides is 3. The summed E-state index contributed by atoms with van der Waals surface area (Å²) in [6, 6.07) is 3.46. The van der Waals surface area contributed by atoms with Crippen LogP contribution in [0.4, 0.5) is 11.6 Å². The maximum Gasteiger partial charge on any atom is 0.296 e. The van der Waals surface area contributed by atoms with Gasteiger partial charge in [0.1, 0.15) is 17.8 Å². The minimum Gasteiger partial charge on any atom is -0.447 e. The van der Waals surface area contributed by atoms with Crippen LogP contribution in [0, 0.1) is 5.92 Å². The molecule has 0 spiro atoms. The highest BCUT2D eigenvalue weighted by atomic mass is 35.5. The molecule has 3 aromatic rings. The third-order valence-electron chi connectivity index (χ3n) is 6.28. The molecule has 1 aliphatic carbocycles. The predicted molar refractivity (Wildman–Crippen MR) is 126 cm³/mol. The van der Waals surface area contributed by atoms with Gasteiger partial charge in [0, 0.05) is 24.7 Å². The average Bonchev–Trinajstić information content (AvgIpc) is 3.24. The van der Waals surface area contributed by atoms with Gasteiger partial charge in [-0.05, 0) is 37.8 Å². The quantitative estimate of drug-likeness (QED) is 0.547. The molecule has 1 saturated carbocycles. The van der Waals surface area contributed by atoms with E-state index in [1.165, 1.54) is 12.4 Å². The van der Waals surface area contributed by atoms with Gasteiger partial charge in [0.2, 0.25) is 23.5 Å². The van der Waals surface area contributed by atoms with E-state index in [9.17, 15) is 14.4 Å². The van der Waals surface area contributed by atoms with Crippen LogP contribution in [-0.4, -0.2) is 63.4 Å². The second-order valence-electron chi connectivity index (χ2n) is 8.47. The van der Waals surface area contributed by atoms with E-state index in [0.717, 1.165) is 12.8 Å². The number of carbonyl (C=O) groups excluding carboxylic acids is 3. The van der Waals surface area contributed by atoms with E-state index < -0.39 is 5.91 Å². The topological polar surface area (TPSA) is 140 Å². The lowest BCUT2D eigenvalue weighted by atomic mass is 9.84. The van der Waals surface area contributed by atoms with Crippen LogP contribution in [0.3, 0.4) is 0 Å². The molecule has 2 fully saturated rings. The van der Waals surface area contributed by atoms with E-state index in [0.29, 0.717) is 42.1 Å². The van der Waals surface area contributed by atoms with Crippen molar-refractivity contribution in [3.8, 4) is 0 Å². The van der Waals surface area contributed by atoms with Crippen molar-refractivity contribution in [2.75, 3.05) is 30.4 Å². The van der Waals surface area contributed by atoms with Crippen molar-refractivity contribution in [1.82, 2.24) is 19.9 Å². The van der Waals surface area contributed by atoms with E-state index >= 15 is 0 Å². The number of furan rings is 1. The first-order chi connectivity index (χ1) is 17.0. The second kappa shape index (κ2) is 9.96. The van der Waals surface area contributed by atoms with Crippen molar-refractivity contribution < 1.29 is 23.5 Å². The van der Waals surface area contributed by atoms with Crippen LogP contribution in [0.25, 0.3) is 11.1 Å². The molecule has 1 saturated heterocycles. The van der Waals surface area contributed by atoms with Gasteiger partial charge in [0.15, 0.2) is 5.58 Å². The lowest BCUT2D eigenvalue weighted by molar-refractivity contribution is -0.146. The van der Waals surface area contributed by atoms with Gasteiger partial charge in [-0.2, -0.15) is 0 Å². The molecule has 0 unspecified atom stereocenters. The number of anilines is 2. The first kappa shape index (κ1) is 23.2. The normalized spacial score (nSPS) is 20.6. The first-order valence-corrected chi connectivity index (χ1v) is 11.7. The van der Waals surface area contributed by atoms with Gasteiger partial charge < -0.3 is 19.4 Å². The predicted octanol–water partition coefficient (Wildman–Crippen LogP) is 2.88. The molecule has 1 aliphatic heterocycles. The number of aromatic nitrogens is 3. The van der Waals surface area contributed by atoms with E-state index in [1.807, 2.05) is 4.90 Å². The highest BCUT2D eigenvalue weighted by Crippen LogP contribution is 2.33. The molecule has 4 heterocycles. The molecule has 3 amide bonds. The van der Waals surface area contributed by atoms with Crippen molar-refractivity contribution in [2.45, 2.75) is 31.7 Å². The summed E-state index contributed by atoms with van der Waals surface area (Å²) in [5.41, 5.74) is 0.928. The Kier molecular flexibility index (Phi) is 6.60. The number of morpholine rings is 1. The molecule has 2 aliphatic rings. The summed E-state index contributed by atoms with van der Waals surface area (Å²) in [4.78, 5) is 52.3. The van der Waals surface area contributed by atoms with Gasteiger partial charge in [0.25, 0.3) is 5.91 Å². The van der Waals surface area contributed by atoms with Gasteiger partial charge in [-0.1, -0.05) is 11.6 Å². The zero-order valence-electron chi connectivity index (χ0n) is 18.7. The highest BCUT2D eigenvalue weighted by molar-refractivity contribution is 6.30. The number of halogens is 1. The van der Waals surface area contributed by atoms with Gasteiger partial charge in [0.05, 0.1) is 24.0 Å². The van der Waals surface area contributed by atoms with Gasteiger partial charge >= 0.3 is 0 Å². The Hall–Kier alpha value is -3.57. The minimum atomic E-state index is -0.629. The Balaban J connectivity index is 1.30. The van der Waals surface area contributed by atoms with Gasteiger partial charge in [-0.25, -0.2) is 9.97 Å². The first-order valence-electron chi connectivity index (χ1n) is 11.3. The fraction of sp³-hybridized carbons (Fsp3) is 0.391. The molecular weight excluding hydrogens is 476 g/mol. The molecule has 0 aromatic carbocycles. The lowest BCUT2D eigenvalue weighted by Gasteiger charge is -2.38. The minimum absolute atomic E-state index is 0.000383. The molecule has 0 radical (unpaired) electrons. The summed E-state index contributed by atoms with van der Waals surface area (Å²) in [6.07, 6.45) is 6.99. The average molecular weight is 499 g/mol. The Labute approximate surface area is 205 Å². The summed E-state index contributed by atoms with van der Waals surface area (Å²) in [6.45, 7) is 1.24. The van der Waals surface area contributed by atoms with E-state index in [4.69, 9.17) is 20.8 Å². The van der Waals surface area contributed by atoms with Crippen molar-refractivity contribution >= 4 is 52.1 Å². The monoisotopic (exact) mass is 498 g/mol. The summed E-state index contributed by atoms with van der Waals surface area (Å²) >= 11 is 5.80. The third kappa shape index (κ3) is 4.96. The number of nitrogens with one attached hydrogen (secondary N) is 2. The zero-order chi connectivity index (χ0) is 24.4. The Morgan fingerprint density at radius 1 is 1.09 bits per heavy atom. The van der Waals surface area contributed by atoms with Crippen LogP contribution < -0.4 is 10.6 Å². The SMILES string of the molecule is O=C(Nc1ncc(Cl)cn1)c1oc2cccnc2c1NC(=O)C1CCC(N2CCOCC2=O)CC1. The fourth-order valence-corrected chi connectivity index (χ4v) is 4.63. The summed E-state index contributed by atoms with van der Waals surface area (Å²) < 4.78 is 10.9. The second-order valence-corrected chi connectivity index (χ2v) is 8.91. The molecule has 182 valence electrons. The molecule has 3 aromatic heterocycles. The number of hydrogen-bond acceptors (Lipinski definition) is 8. The van der Waals surface area contributed by atoms with Crippen molar-refractivity contribution in [3.63, 3.8) is 0 Å². The number of fused-ring (bicyclic) bond motifs is 1. The largest absolute Gasteiger partial charge is 0.447 e. The van der Waals surface area contributed by atoms with Crippen LogP contribution >= 0.6 is 11.6 Å². The van der Waals surface area contributed by atoms with Crippen molar-refractivity contribution in [2.24, 2.45) is 5.92 Å². The van der Waals surface area contributed by atoms with Crippen LogP contribution in [0.2, 0.25) is 5.02 Å². The lowest BCUT2D eigenvalue weighted by Crippen LogP contribution is -2.49. The fourth-order valence-electron chi connectivity index (χ4n) is 4.53. The number of rotatable bonds is 5. The standard InChI is InChI=1S/C23H23ClN6O5/c24-14-10-26-23(27-11-14)29-22(33)20-19(18-16(35-20)2-1-7-25-18)28-21(32)13-3-5-15(6-4-13)30-8-9-34-12-17(30)31/h1-2,7,10-11,13,15H,3-6,8-9,12H2,(H,28,32)(H,26,27,29,33). The number of pyridine rings is 1. The third-order valence-corrected chi connectivity index (χ3v) is 6.47. The Morgan fingerprint density at radius 2 is 1.86 bits per heavy atom. The summed E-state index contributed by atoms with van der Waals surface area (Å²) in [5, 5.41) is 5.74. The molecule has 2 N–H and O–H groups in total. The van der Waals surface area contributed by atoms with Crippen LogP contribution in [0.15, 0.2) is 35.1 Å². The summed E-state index contributed by atoms with van der Waals surface area (Å²) in [5.74, 6) is -1.16. The zero-order valence-corrected chi connectivity index (χ0v) is 19.5. The molecule has 0 bridgehead atoms. The Morgan fingerprint density at radius 3 is 2.60 bits per heavy atom. The molecule has 11 nitrogen and oxygen atoms in total. The molecule has 35 heavy (non-hydrogen) atoms. The maximum atomic E-state index is 13.2. The Bertz CT molecular complexity index is 1260. The molecule has 5 rings (SSSR count). The molecule has 12 heteroatoms. The van der Waals surface area contributed by atoms with Crippen LogP contribution in [0.1, 0.15) is 36.2 Å². The van der Waals surface area contributed by atoms with E-state index in [2.05, 4.69) is 25.6 Å². The smallest absolute Gasteiger partial charge is 0.296 e. The van der Waals surface area contributed by atoms with E-state index in [-0.39, 0.29) is 47.8 Å². The van der Waals surface area contributed by atoms with Gasteiger partial charge in [-0.3, -0.25) is 24.7 Å². The van der Waals surface area contributed by atoms with Crippen molar-refractivity contribution in [1.29, 1.82) is 0 Å². The number of nitrogens with zero attached hydrogens (tertiary/aromatic N) is 4. The highest BCUT2D eigenvalue weighted by Gasteiger charge is 2.34. The number of carbonyl (C=O) groups is 3. The number of hydrogen-bond donors (Lipinski definition) is 2. The molecular formula is C23H23ClN6O5.